The van der Waals surface area contributed by atoms with Crippen LogP contribution in [0.25, 0.3) is 0 Å². The lowest BCUT2D eigenvalue weighted by atomic mass is 10.0. The number of rotatable bonds is 4. The molecule has 1 aliphatic rings. The number of hydrogen-bond acceptors (Lipinski definition) is 3. The largest absolute Gasteiger partial charge is 0.480 e. The molecule has 1 saturated heterocycles. The second-order valence-corrected chi connectivity index (χ2v) is 3.06. The fraction of sp³-hybridized carbons (Fsp3) is 0.750. The Kier molecular flexibility index (Phi) is 3.25. The van der Waals surface area contributed by atoms with Crippen molar-refractivity contribution in [1.82, 2.24) is 4.90 Å². The van der Waals surface area contributed by atoms with E-state index in [9.17, 15) is 9.59 Å². The number of ether oxygens (including phenoxy) is 1. The van der Waals surface area contributed by atoms with Crippen LogP contribution in [-0.4, -0.2) is 47.7 Å². The highest BCUT2D eigenvalue weighted by Crippen LogP contribution is 2.17. The maximum absolute atomic E-state index is 10.9. The molecule has 1 heterocycles. The maximum Gasteiger partial charge on any atom is 0.329 e. The Bertz CT molecular complexity index is 216. The van der Waals surface area contributed by atoms with E-state index in [1.807, 2.05) is 0 Å². The number of carboxylic acid groups (broad SMARTS) is 1. The van der Waals surface area contributed by atoms with Crippen LogP contribution in [0.15, 0.2) is 0 Å². The van der Waals surface area contributed by atoms with Crippen molar-refractivity contribution in [2.45, 2.75) is 19.4 Å². The van der Waals surface area contributed by atoms with Gasteiger partial charge in [0, 0.05) is 13.5 Å². The monoisotopic (exact) mass is 187 g/mol. The van der Waals surface area contributed by atoms with Crippen molar-refractivity contribution in [2.24, 2.45) is 0 Å². The molecule has 0 aromatic rings. The Hall–Kier alpha value is -1.10. The number of aliphatic carboxylic acids is 1. The van der Waals surface area contributed by atoms with Crippen LogP contribution in [0.5, 0.6) is 0 Å². The second-order valence-electron chi connectivity index (χ2n) is 3.06. The quantitative estimate of drug-likeness (QED) is 0.656. The van der Waals surface area contributed by atoms with E-state index in [-0.39, 0.29) is 18.6 Å². The Balaban J connectivity index is 2.15. The van der Waals surface area contributed by atoms with Gasteiger partial charge in [-0.3, -0.25) is 4.79 Å². The maximum atomic E-state index is 10.9. The van der Waals surface area contributed by atoms with Crippen LogP contribution < -0.4 is 0 Å². The number of carbonyl (C=O) groups is 2. The van der Waals surface area contributed by atoms with Gasteiger partial charge in [0.15, 0.2) is 0 Å². The van der Waals surface area contributed by atoms with Gasteiger partial charge >= 0.3 is 5.97 Å². The van der Waals surface area contributed by atoms with Crippen molar-refractivity contribution >= 4 is 11.9 Å². The van der Waals surface area contributed by atoms with Gasteiger partial charge < -0.3 is 14.7 Å². The molecule has 1 atom stereocenters. The smallest absolute Gasteiger partial charge is 0.329 e. The molecule has 1 aliphatic heterocycles. The van der Waals surface area contributed by atoms with Crippen molar-refractivity contribution in [1.29, 1.82) is 0 Å². The lowest BCUT2D eigenvalue weighted by molar-refractivity contribution is -0.145. The molecule has 74 valence electrons. The van der Waals surface area contributed by atoms with Gasteiger partial charge in [-0.2, -0.15) is 0 Å². The summed E-state index contributed by atoms with van der Waals surface area (Å²) >= 11 is 0. The normalized spacial score (nSPS) is 21.0. The van der Waals surface area contributed by atoms with Crippen LogP contribution in [0.4, 0.5) is 0 Å². The second kappa shape index (κ2) is 4.23. The van der Waals surface area contributed by atoms with Crippen LogP contribution in [0.3, 0.4) is 0 Å². The first kappa shape index (κ1) is 9.98. The molecule has 1 unspecified atom stereocenters. The van der Waals surface area contributed by atoms with E-state index >= 15 is 0 Å². The zero-order chi connectivity index (χ0) is 9.84. The molecule has 0 spiro atoms. The molecule has 0 aliphatic carbocycles. The number of likely N-dealkylation sites (tertiary alicyclic amines) is 1. The van der Waals surface area contributed by atoms with Gasteiger partial charge in [0.25, 0.3) is 0 Å². The van der Waals surface area contributed by atoms with E-state index in [2.05, 4.69) is 0 Å². The molecule has 0 radical (unpaired) electrons. The van der Waals surface area contributed by atoms with E-state index < -0.39 is 5.97 Å². The summed E-state index contributed by atoms with van der Waals surface area (Å²) < 4.78 is 4.89. The molecule has 0 saturated carbocycles. The van der Waals surface area contributed by atoms with Gasteiger partial charge in [-0.15, -0.1) is 0 Å². The summed E-state index contributed by atoms with van der Waals surface area (Å²) in [6.07, 6.45) is 0.902. The van der Waals surface area contributed by atoms with Crippen molar-refractivity contribution in [3.8, 4) is 0 Å². The summed E-state index contributed by atoms with van der Waals surface area (Å²) in [5.74, 6) is -0.955. The van der Waals surface area contributed by atoms with Crippen LogP contribution in [-0.2, 0) is 14.3 Å². The minimum Gasteiger partial charge on any atom is -0.480 e. The number of nitrogens with zero attached hydrogens (tertiary/aromatic N) is 1. The molecule has 1 amide bonds. The Morgan fingerprint density at radius 2 is 2.31 bits per heavy atom. The molecule has 1 N–H and O–H groups in total. The Morgan fingerprint density at radius 1 is 1.62 bits per heavy atom. The predicted octanol–water partition coefficient (Wildman–Crippen LogP) is -0.292. The van der Waals surface area contributed by atoms with E-state index in [0.717, 1.165) is 13.0 Å². The number of amides is 1. The van der Waals surface area contributed by atoms with Gasteiger partial charge in [-0.1, -0.05) is 0 Å². The SMILES string of the molecule is CC(=O)N1CCC1COCC(=O)O. The summed E-state index contributed by atoms with van der Waals surface area (Å²) in [6.45, 7) is 2.30. The van der Waals surface area contributed by atoms with Crippen molar-refractivity contribution in [3.05, 3.63) is 0 Å². The molecular weight excluding hydrogens is 174 g/mol. The third-order valence-electron chi connectivity index (χ3n) is 2.08. The molecular formula is C8H13NO4. The van der Waals surface area contributed by atoms with E-state index in [1.54, 1.807) is 4.90 Å². The molecule has 1 rings (SSSR count). The van der Waals surface area contributed by atoms with E-state index in [1.165, 1.54) is 6.92 Å². The van der Waals surface area contributed by atoms with Crippen LogP contribution >= 0.6 is 0 Å². The third-order valence-corrected chi connectivity index (χ3v) is 2.08. The summed E-state index contributed by atoms with van der Waals surface area (Å²) in [5.41, 5.74) is 0. The fourth-order valence-electron chi connectivity index (χ4n) is 1.31. The number of carbonyl (C=O) groups excluding carboxylic acids is 1. The number of hydrogen-bond donors (Lipinski definition) is 1. The van der Waals surface area contributed by atoms with Crippen LogP contribution in [0, 0.1) is 0 Å². The zero-order valence-corrected chi connectivity index (χ0v) is 7.52. The van der Waals surface area contributed by atoms with Gasteiger partial charge in [-0.25, -0.2) is 4.79 Å². The fourth-order valence-corrected chi connectivity index (χ4v) is 1.31. The van der Waals surface area contributed by atoms with Crippen LogP contribution in [0.1, 0.15) is 13.3 Å². The van der Waals surface area contributed by atoms with E-state index in [0.29, 0.717) is 6.61 Å². The van der Waals surface area contributed by atoms with Crippen molar-refractivity contribution in [2.75, 3.05) is 19.8 Å². The molecule has 5 heteroatoms. The molecule has 0 aromatic heterocycles. The van der Waals surface area contributed by atoms with E-state index in [4.69, 9.17) is 9.84 Å². The summed E-state index contributed by atoms with van der Waals surface area (Å²) in [6, 6.07) is 0.0804. The molecule has 1 fully saturated rings. The average molecular weight is 187 g/mol. The Labute approximate surface area is 76.3 Å². The minimum atomic E-state index is -0.978. The number of carboxylic acids is 1. The summed E-state index contributed by atoms with van der Waals surface area (Å²) in [7, 11) is 0. The first-order chi connectivity index (χ1) is 6.11. The third kappa shape index (κ3) is 2.69. The van der Waals surface area contributed by atoms with Crippen molar-refractivity contribution in [3.63, 3.8) is 0 Å². The molecule has 0 aromatic carbocycles. The predicted molar refractivity (Wildman–Crippen MR) is 44.2 cm³/mol. The van der Waals surface area contributed by atoms with Crippen molar-refractivity contribution < 1.29 is 19.4 Å². The first-order valence-corrected chi connectivity index (χ1v) is 4.18. The molecule has 0 bridgehead atoms. The van der Waals surface area contributed by atoms with Gasteiger partial charge in [0.05, 0.1) is 12.6 Å². The topological polar surface area (TPSA) is 66.8 Å². The highest BCUT2D eigenvalue weighted by Gasteiger charge is 2.29. The van der Waals surface area contributed by atoms with Crippen LogP contribution in [0.2, 0.25) is 0 Å². The summed E-state index contributed by atoms with van der Waals surface area (Å²) in [5, 5.41) is 8.29. The van der Waals surface area contributed by atoms with Gasteiger partial charge in [0.2, 0.25) is 5.91 Å². The highest BCUT2D eigenvalue weighted by molar-refractivity contribution is 5.74. The van der Waals surface area contributed by atoms with Gasteiger partial charge in [0.1, 0.15) is 6.61 Å². The highest BCUT2D eigenvalue weighted by atomic mass is 16.5. The lowest BCUT2D eigenvalue weighted by Crippen LogP contribution is -2.52. The minimum absolute atomic E-state index is 0.0233. The molecule has 5 nitrogen and oxygen atoms in total. The zero-order valence-electron chi connectivity index (χ0n) is 7.52. The standard InChI is InChI=1S/C8H13NO4/c1-6(10)9-3-2-7(9)4-13-5-8(11)12/h7H,2-5H2,1H3,(H,11,12). The lowest BCUT2D eigenvalue weighted by Gasteiger charge is -2.39. The average Bonchev–Trinajstić information content (AvgIpc) is 1.93. The Morgan fingerprint density at radius 3 is 2.69 bits per heavy atom. The molecule has 13 heavy (non-hydrogen) atoms. The van der Waals surface area contributed by atoms with Gasteiger partial charge in [-0.05, 0) is 6.42 Å². The first-order valence-electron chi connectivity index (χ1n) is 4.18. The summed E-state index contributed by atoms with van der Waals surface area (Å²) in [4.78, 5) is 22.7.